The summed E-state index contributed by atoms with van der Waals surface area (Å²) >= 11 is 0. The molecule has 0 N–H and O–H groups in total. The zero-order chi connectivity index (χ0) is 18.7. The van der Waals surface area contributed by atoms with Crippen LogP contribution in [0.3, 0.4) is 0 Å². The summed E-state index contributed by atoms with van der Waals surface area (Å²) in [5, 5.41) is 0. The number of hydrogen-bond acceptors (Lipinski definition) is 8. The molecule has 8 heteroatoms. The van der Waals surface area contributed by atoms with Crippen molar-refractivity contribution in [1.29, 1.82) is 0 Å². The molecule has 2 aromatic rings. The number of ether oxygens (including phenoxy) is 3. The molecule has 0 fully saturated rings. The molecular weight excluding hydrogens is 340 g/mol. The summed E-state index contributed by atoms with van der Waals surface area (Å²) in [5.74, 6) is -0.618. The minimum Gasteiger partial charge on any atom is -0.466 e. The number of esters is 2. The van der Waals surface area contributed by atoms with E-state index in [1.54, 1.807) is 23.1 Å². The standard InChI is InChI=1S/C18H20N2O6/c1-4-5-15-19-13-7-6-11(8-14(13)26-15)20-10-25-9-12(17(21)23-2)16(20)18(22)24-3/h6-8H,4-5,9-10H2,1-3H3. The summed E-state index contributed by atoms with van der Waals surface area (Å²) in [6.07, 6.45) is 1.67. The maximum Gasteiger partial charge on any atom is 0.355 e. The molecular formula is C18H20N2O6. The van der Waals surface area contributed by atoms with Gasteiger partial charge in [0.05, 0.1) is 26.4 Å². The number of hydrogen-bond donors (Lipinski definition) is 0. The summed E-state index contributed by atoms with van der Waals surface area (Å²) in [5.41, 5.74) is 2.15. The van der Waals surface area contributed by atoms with E-state index in [0.717, 1.165) is 18.4 Å². The molecule has 0 bridgehead atoms. The van der Waals surface area contributed by atoms with E-state index in [-0.39, 0.29) is 24.6 Å². The average molecular weight is 360 g/mol. The Bertz CT molecular complexity index is 870. The number of fused-ring (bicyclic) bond motifs is 1. The third kappa shape index (κ3) is 3.28. The normalized spacial score (nSPS) is 14.7. The zero-order valence-electron chi connectivity index (χ0n) is 14.9. The van der Waals surface area contributed by atoms with E-state index >= 15 is 0 Å². The van der Waals surface area contributed by atoms with Crippen LogP contribution in [0.5, 0.6) is 0 Å². The van der Waals surface area contributed by atoms with Crippen LogP contribution in [-0.4, -0.2) is 44.5 Å². The Morgan fingerprint density at radius 1 is 1.23 bits per heavy atom. The third-order valence-electron chi connectivity index (χ3n) is 4.02. The summed E-state index contributed by atoms with van der Waals surface area (Å²) in [7, 11) is 2.51. The summed E-state index contributed by atoms with van der Waals surface area (Å²) in [6.45, 7) is 2.11. The van der Waals surface area contributed by atoms with Crippen LogP contribution >= 0.6 is 0 Å². The van der Waals surface area contributed by atoms with Gasteiger partial charge in [-0.15, -0.1) is 0 Å². The molecule has 1 aromatic carbocycles. The number of nitrogens with zero attached hydrogens (tertiary/aromatic N) is 2. The first-order valence-corrected chi connectivity index (χ1v) is 8.23. The lowest BCUT2D eigenvalue weighted by molar-refractivity contribution is -0.140. The number of benzene rings is 1. The topological polar surface area (TPSA) is 91.1 Å². The van der Waals surface area contributed by atoms with Crippen molar-refractivity contribution < 1.29 is 28.2 Å². The number of aromatic nitrogens is 1. The predicted molar refractivity (Wildman–Crippen MR) is 92.4 cm³/mol. The molecule has 138 valence electrons. The van der Waals surface area contributed by atoms with Crippen LogP contribution < -0.4 is 4.90 Å². The van der Waals surface area contributed by atoms with Crippen LogP contribution in [-0.2, 0) is 30.2 Å². The number of oxazole rings is 1. The molecule has 1 aromatic heterocycles. The van der Waals surface area contributed by atoms with Gasteiger partial charge in [-0.05, 0) is 18.6 Å². The molecule has 0 spiro atoms. The summed E-state index contributed by atoms with van der Waals surface area (Å²) < 4.78 is 20.8. The number of anilines is 1. The van der Waals surface area contributed by atoms with Crippen LogP contribution in [0, 0.1) is 0 Å². The number of carbonyl (C=O) groups excluding carboxylic acids is 2. The fraction of sp³-hybridized carbons (Fsp3) is 0.389. The number of methoxy groups -OCH3 is 2. The van der Waals surface area contributed by atoms with Crippen LogP contribution in [0.4, 0.5) is 5.69 Å². The highest BCUT2D eigenvalue weighted by molar-refractivity contribution is 6.03. The third-order valence-corrected chi connectivity index (χ3v) is 4.02. The highest BCUT2D eigenvalue weighted by atomic mass is 16.5. The molecule has 1 aliphatic rings. The monoisotopic (exact) mass is 360 g/mol. The molecule has 1 aliphatic heterocycles. The molecule has 0 radical (unpaired) electrons. The number of carbonyl (C=O) groups is 2. The van der Waals surface area contributed by atoms with Gasteiger partial charge >= 0.3 is 11.9 Å². The summed E-state index contributed by atoms with van der Waals surface area (Å²) in [6, 6.07) is 5.34. The van der Waals surface area contributed by atoms with Gasteiger partial charge in [0.15, 0.2) is 11.5 Å². The first-order valence-electron chi connectivity index (χ1n) is 8.23. The van der Waals surface area contributed by atoms with E-state index in [2.05, 4.69) is 4.98 Å². The molecule has 0 atom stereocenters. The van der Waals surface area contributed by atoms with Crippen molar-refractivity contribution in [2.24, 2.45) is 0 Å². The van der Waals surface area contributed by atoms with E-state index in [4.69, 9.17) is 18.6 Å². The van der Waals surface area contributed by atoms with Gasteiger partial charge in [-0.3, -0.25) is 0 Å². The average Bonchev–Trinajstić information content (AvgIpc) is 3.07. The molecule has 0 aliphatic carbocycles. The minimum atomic E-state index is -0.641. The number of rotatable bonds is 5. The molecule has 0 amide bonds. The van der Waals surface area contributed by atoms with Gasteiger partial charge in [0.1, 0.15) is 17.9 Å². The smallest absolute Gasteiger partial charge is 0.355 e. The maximum atomic E-state index is 12.3. The van der Waals surface area contributed by atoms with Crippen molar-refractivity contribution in [3.63, 3.8) is 0 Å². The van der Waals surface area contributed by atoms with E-state index in [1.807, 2.05) is 6.92 Å². The van der Waals surface area contributed by atoms with Crippen LogP contribution in [0.15, 0.2) is 33.9 Å². The highest BCUT2D eigenvalue weighted by Gasteiger charge is 2.32. The first-order chi connectivity index (χ1) is 12.6. The Morgan fingerprint density at radius 2 is 2.00 bits per heavy atom. The lowest BCUT2D eigenvalue weighted by Gasteiger charge is -2.31. The molecule has 0 saturated heterocycles. The quantitative estimate of drug-likeness (QED) is 0.749. The largest absolute Gasteiger partial charge is 0.466 e. The molecule has 8 nitrogen and oxygen atoms in total. The van der Waals surface area contributed by atoms with Gasteiger partial charge in [0, 0.05) is 18.2 Å². The predicted octanol–water partition coefficient (Wildman–Crippen LogP) is 2.17. The van der Waals surface area contributed by atoms with Crippen LogP contribution in [0.25, 0.3) is 11.1 Å². The second-order valence-corrected chi connectivity index (χ2v) is 5.73. The SMILES string of the molecule is CCCc1nc2ccc(N3COCC(C(=O)OC)=C3C(=O)OC)cc2o1. The van der Waals surface area contributed by atoms with Crippen molar-refractivity contribution in [2.75, 3.05) is 32.5 Å². The maximum absolute atomic E-state index is 12.3. The van der Waals surface area contributed by atoms with Crippen molar-refractivity contribution in [2.45, 2.75) is 19.8 Å². The Balaban J connectivity index is 2.06. The molecule has 3 rings (SSSR count). The fourth-order valence-electron chi connectivity index (χ4n) is 2.80. The van der Waals surface area contributed by atoms with E-state index in [1.165, 1.54) is 14.2 Å². The molecule has 26 heavy (non-hydrogen) atoms. The van der Waals surface area contributed by atoms with Crippen LogP contribution in [0.2, 0.25) is 0 Å². The summed E-state index contributed by atoms with van der Waals surface area (Å²) in [4.78, 5) is 30.3. The van der Waals surface area contributed by atoms with Gasteiger partial charge in [-0.25, -0.2) is 14.6 Å². The van der Waals surface area contributed by atoms with Crippen molar-refractivity contribution >= 4 is 28.7 Å². The highest BCUT2D eigenvalue weighted by Crippen LogP contribution is 2.29. The van der Waals surface area contributed by atoms with Crippen molar-refractivity contribution in [1.82, 2.24) is 4.98 Å². The number of aryl methyl sites for hydroxylation is 1. The van der Waals surface area contributed by atoms with Crippen molar-refractivity contribution in [3.8, 4) is 0 Å². The lowest BCUT2D eigenvalue weighted by Crippen LogP contribution is -2.38. The minimum absolute atomic E-state index is 0.0290. The van der Waals surface area contributed by atoms with Crippen molar-refractivity contribution in [3.05, 3.63) is 35.4 Å². The van der Waals surface area contributed by atoms with Gasteiger partial charge in [-0.2, -0.15) is 0 Å². The van der Waals surface area contributed by atoms with E-state index in [9.17, 15) is 9.59 Å². The fourth-order valence-corrected chi connectivity index (χ4v) is 2.80. The Kier molecular flexibility index (Phi) is 5.22. The molecule has 0 unspecified atom stereocenters. The molecule has 0 saturated carbocycles. The van der Waals surface area contributed by atoms with Gasteiger partial charge in [-0.1, -0.05) is 6.92 Å². The van der Waals surface area contributed by atoms with Gasteiger partial charge in [0.25, 0.3) is 0 Å². The first kappa shape index (κ1) is 17.9. The van der Waals surface area contributed by atoms with Gasteiger partial charge < -0.3 is 23.5 Å². The van der Waals surface area contributed by atoms with E-state index in [0.29, 0.717) is 17.2 Å². The second-order valence-electron chi connectivity index (χ2n) is 5.73. The Labute approximate surface area is 150 Å². The lowest BCUT2D eigenvalue weighted by atomic mass is 10.1. The Morgan fingerprint density at radius 3 is 2.69 bits per heavy atom. The van der Waals surface area contributed by atoms with Gasteiger partial charge in [0.2, 0.25) is 0 Å². The van der Waals surface area contributed by atoms with Crippen LogP contribution in [0.1, 0.15) is 19.2 Å². The Hall–Kier alpha value is -2.87. The zero-order valence-corrected chi connectivity index (χ0v) is 14.9. The second kappa shape index (κ2) is 7.57. The molecule has 2 heterocycles. The van der Waals surface area contributed by atoms with E-state index < -0.39 is 11.9 Å².